The number of sulfonamides is 1. The van der Waals surface area contributed by atoms with Crippen LogP contribution in [0.5, 0.6) is 0 Å². The van der Waals surface area contributed by atoms with Crippen LogP contribution in [-0.4, -0.2) is 44.2 Å². The Morgan fingerprint density at radius 1 is 1.10 bits per heavy atom. The zero-order valence-electron chi connectivity index (χ0n) is 12.8. The van der Waals surface area contributed by atoms with Crippen LogP contribution < -0.4 is 5.32 Å². The van der Waals surface area contributed by atoms with Crippen molar-refractivity contribution in [2.75, 3.05) is 25.4 Å². The van der Waals surface area contributed by atoms with Crippen molar-refractivity contribution >= 4 is 10.0 Å². The van der Waals surface area contributed by atoms with Gasteiger partial charge >= 0.3 is 0 Å². The van der Waals surface area contributed by atoms with Gasteiger partial charge in [0.2, 0.25) is 10.0 Å². The summed E-state index contributed by atoms with van der Waals surface area (Å²) in [7, 11) is -3.04. The van der Waals surface area contributed by atoms with Gasteiger partial charge in [0, 0.05) is 12.6 Å². The lowest BCUT2D eigenvalue weighted by Gasteiger charge is -2.43. The molecule has 0 aromatic heterocycles. The largest absolute Gasteiger partial charge is 0.317 e. The summed E-state index contributed by atoms with van der Waals surface area (Å²) in [6.45, 7) is 4.73. The van der Waals surface area contributed by atoms with E-state index in [0.29, 0.717) is 17.7 Å². The number of piperidine rings is 1. The Morgan fingerprint density at radius 2 is 1.85 bits per heavy atom. The first-order chi connectivity index (χ1) is 9.65. The minimum absolute atomic E-state index is 0.316. The van der Waals surface area contributed by atoms with Gasteiger partial charge in [-0.05, 0) is 57.5 Å². The molecule has 1 aliphatic heterocycles. The van der Waals surface area contributed by atoms with Crippen LogP contribution in [0.3, 0.4) is 0 Å². The second kappa shape index (κ2) is 7.76. The number of fused-ring (bicyclic) bond motifs is 1. The summed E-state index contributed by atoms with van der Waals surface area (Å²) in [4.78, 5) is 0. The third kappa shape index (κ3) is 4.18. The smallest absolute Gasteiger partial charge is 0.214 e. The summed E-state index contributed by atoms with van der Waals surface area (Å²) in [5.41, 5.74) is 0. The van der Waals surface area contributed by atoms with Gasteiger partial charge in [-0.1, -0.05) is 19.8 Å². The highest BCUT2D eigenvalue weighted by Gasteiger charge is 2.38. The Bertz CT molecular complexity index is 381. The van der Waals surface area contributed by atoms with E-state index in [1.807, 2.05) is 4.31 Å². The number of hydrogen-bond acceptors (Lipinski definition) is 3. The monoisotopic (exact) mass is 302 g/mol. The van der Waals surface area contributed by atoms with E-state index in [4.69, 9.17) is 0 Å². The van der Waals surface area contributed by atoms with Crippen molar-refractivity contribution in [3.8, 4) is 0 Å². The third-order valence-electron chi connectivity index (χ3n) is 4.81. The van der Waals surface area contributed by atoms with E-state index in [-0.39, 0.29) is 0 Å². The predicted molar refractivity (Wildman–Crippen MR) is 83.3 cm³/mol. The third-order valence-corrected chi connectivity index (χ3v) is 6.78. The Labute approximate surface area is 124 Å². The second-order valence-corrected chi connectivity index (χ2v) is 8.28. The molecule has 1 aliphatic carbocycles. The minimum atomic E-state index is -3.04. The zero-order chi connectivity index (χ0) is 14.4. The van der Waals surface area contributed by atoms with E-state index in [0.717, 1.165) is 45.3 Å². The van der Waals surface area contributed by atoms with Gasteiger partial charge < -0.3 is 5.32 Å². The van der Waals surface area contributed by atoms with Crippen LogP contribution in [-0.2, 0) is 10.0 Å². The molecule has 0 bridgehead atoms. The highest BCUT2D eigenvalue weighted by molar-refractivity contribution is 7.89. The first-order valence-corrected chi connectivity index (χ1v) is 9.96. The molecule has 1 saturated heterocycles. The molecule has 4 nitrogen and oxygen atoms in total. The van der Waals surface area contributed by atoms with E-state index >= 15 is 0 Å². The van der Waals surface area contributed by atoms with Crippen LogP contribution in [0.15, 0.2) is 0 Å². The maximum Gasteiger partial charge on any atom is 0.214 e. The quantitative estimate of drug-likeness (QED) is 0.735. The summed E-state index contributed by atoms with van der Waals surface area (Å²) >= 11 is 0. The number of nitrogens with one attached hydrogen (secondary N) is 1. The van der Waals surface area contributed by atoms with Gasteiger partial charge in [0.05, 0.1) is 5.75 Å². The number of nitrogens with zero attached hydrogens (tertiary/aromatic N) is 1. The van der Waals surface area contributed by atoms with E-state index in [9.17, 15) is 8.42 Å². The van der Waals surface area contributed by atoms with Crippen LogP contribution in [0, 0.1) is 5.92 Å². The molecular formula is C15H30N2O2S. The predicted octanol–water partition coefficient (Wildman–Crippen LogP) is 2.36. The molecule has 2 fully saturated rings. The molecule has 0 radical (unpaired) electrons. The molecule has 2 rings (SSSR count). The van der Waals surface area contributed by atoms with E-state index in [1.54, 1.807) is 0 Å². The van der Waals surface area contributed by atoms with Crippen molar-refractivity contribution in [3.05, 3.63) is 0 Å². The molecule has 118 valence electrons. The Hall–Kier alpha value is -0.130. The van der Waals surface area contributed by atoms with Gasteiger partial charge in [0.1, 0.15) is 0 Å². The van der Waals surface area contributed by atoms with Crippen molar-refractivity contribution in [1.82, 2.24) is 9.62 Å². The van der Waals surface area contributed by atoms with E-state index in [1.165, 1.54) is 25.7 Å². The van der Waals surface area contributed by atoms with Gasteiger partial charge in [-0.15, -0.1) is 0 Å². The van der Waals surface area contributed by atoms with Crippen LogP contribution >= 0.6 is 0 Å². The van der Waals surface area contributed by atoms with Gasteiger partial charge in [-0.2, -0.15) is 4.31 Å². The van der Waals surface area contributed by atoms with Crippen molar-refractivity contribution in [3.63, 3.8) is 0 Å². The van der Waals surface area contributed by atoms with Crippen molar-refractivity contribution < 1.29 is 8.42 Å². The Kier molecular flexibility index (Phi) is 6.30. The molecule has 5 heteroatoms. The molecule has 2 aliphatic rings. The molecule has 0 amide bonds. The average molecular weight is 302 g/mol. The summed E-state index contributed by atoms with van der Waals surface area (Å²) in [6.07, 6.45) is 8.83. The van der Waals surface area contributed by atoms with Crippen molar-refractivity contribution in [2.45, 2.75) is 64.3 Å². The molecule has 20 heavy (non-hydrogen) atoms. The number of unbranched alkanes of at least 4 members (excludes halogenated alkanes) is 1. The average Bonchev–Trinajstić information content (AvgIpc) is 2.46. The Morgan fingerprint density at radius 3 is 2.65 bits per heavy atom. The fourth-order valence-corrected chi connectivity index (χ4v) is 5.65. The number of hydrogen-bond donors (Lipinski definition) is 1. The molecule has 2 atom stereocenters. The topological polar surface area (TPSA) is 49.4 Å². The van der Waals surface area contributed by atoms with Crippen LogP contribution in [0.25, 0.3) is 0 Å². The molecular weight excluding hydrogens is 272 g/mol. The summed E-state index contributed by atoms with van der Waals surface area (Å²) < 4.78 is 27.0. The number of rotatable bonds is 7. The molecule has 0 aromatic rings. The van der Waals surface area contributed by atoms with Crippen LogP contribution in [0.4, 0.5) is 0 Å². The lowest BCUT2D eigenvalue weighted by molar-refractivity contribution is 0.129. The highest BCUT2D eigenvalue weighted by Crippen LogP contribution is 2.36. The van der Waals surface area contributed by atoms with Gasteiger partial charge in [0.25, 0.3) is 0 Å². The molecule has 0 aromatic carbocycles. The molecule has 1 N–H and O–H groups in total. The van der Waals surface area contributed by atoms with Crippen LogP contribution in [0.1, 0.15) is 58.3 Å². The summed E-state index contributed by atoms with van der Waals surface area (Å²) in [6, 6.07) is 0.316. The summed E-state index contributed by atoms with van der Waals surface area (Å²) in [5.74, 6) is 0.968. The Balaban J connectivity index is 1.87. The molecule has 1 saturated carbocycles. The van der Waals surface area contributed by atoms with Crippen molar-refractivity contribution in [2.24, 2.45) is 5.92 Å². The first kappa shape index (κ1) is 16.2. The van der Waals surface area contributed by atoms with Gasteiger partial charge in [-0.25, -0.2) is 8.42 Å². The van der Waals surface area contributed by atoms with E-state index < -0.39 is 10.0 Å². The normalized spacial score (nSPS) is 28.2. The fraction of sp³-hybridized carbons (Fsp3) is 1.00. The van der Waals surface area contributed by atoms with E-state index in [2.05, 4.69) is 12.2 Å². The highest BCUT2D eigenvalue weighted by atomic mass is 32.2. The maximum absolute atomic E-state index is 12.6. The lowest BCUT2D eigenvalue weighted by atomic mass is 9.79. The molecule has 2 unspecified atom stereocenters. The lowest BCUT2D eigenvalue weighted by Crippen LogP contribution is -2.50. The second-order valence-electron chi connectivity index (χ2n) is 6.24. The first-order valence-electron chi connectivity index (χ1n) is 8.35. The fourth-order valence-electron chi connectivity index (χ4n) is 3.75. The zero-order valence-corrected chi connectivity index (χ0v) is 13.6. The molecule has 1 heterocycles. The van der Waals surface area contributed by atoms with Gasteiger partial charge in [0.15, 0.2) is 0 Å². The van der Waals surface area contributed by atoms with Crippen molar-refractivity contribution in [1.29, 1.82) is 0 Å². The summed E-state index contributed by atoms with van der Waals surface area (Å²) in [5, 5.41) is 3.25. The standard InChI is InChI=1S/C15H30N2O2S/c1-2-16-11-5-6-13-20(18,19)17-12-7-9-14-8-3-4-10-15(14)17/h14-16H,2-13H2,1H3. The van der Waals surface area contributed by atoms with Crippen LogP contribution in [0.2, 0.25) is 0 Å². The maximum atomic E-state index is 12.6. The van der Waals surface area contributed by atoms with Gasteiger partial charge in [-0.3, -0.25) is 0 Å². The SMILES string of the molecule is CCNCCCCS(=O)(=O)N1CCCC2CCCCC21. The minimum Gasteiger partial charge on any atom is -0.317 e. The molecule has 0 spiro atoms.